The Morgan fingerprint density at radius 2 is 2.16 bits per heavy atom. The van der Waals surface area contributed by atoms with Gasteiger partial charge in [0.25, 0.3) is 5.91 Å². The largest absolute Gasteiger partial charge is 0.467 e. The second-order valence-corrected chi connectivity index (χ2v) is 9.02. The van der Waals surface area contributed by atoms with E-state index in [2.05, 4.69) is 10.6 Å². The van der Waals surface area contributed by atoms with Crippen molar-refractivity contribution in [3.63, 3.8) is 0 Å². The molecule has 2 N–H and O–H groups in total. The van der Waals surface area contributed by atoms with Crippen LogP contribution in [0.5, 0.6) is 5.75 Å². The van der Waals surface area contributed by atoms with Crippen LogP contribution in [0.25, 0.3) is 0 Å². The van der Waals surface area contributed by atoms with E-state index in [1.54, 1.807) is 35.2 Å². The van der Waals surface area contributed by atoms with Gasteiger partial charge in [-0.2, -0.15) is 0 Å². The molecule has 0 aliphatic carbocycles. The normalized spacial score (nSPS) is 21.6. The SMILES string of the molecule is CC(C)OCCCNC(=O)c1cccc(N2C(=O)N[C@H]3C[C@@]2(C)Oc2ccc(Cl)cc23)c1. The van der Waals surface area contributed by atoms with Crippen molar-refractivity contribution in [3.05, 3.63) is 58.6 Å². The third-order valence-electron chi connectivity index (χ3n) is 5.66. The van der Waals surface area contributed by atoms with E-state index in [0.717, 1.165) is 12.0 Å². The summed E-state index contributed by atoms with van der Waals surface area (Å²) in [4.78, 5) is 27.3. The highest BCUT2D eigenvalue weighted by atomic mass is 35.5. The van der Waals surface area contributed by atoms with Crippen LogP contribution in [0.2, 0.25) is 5.02 Å². The Bertz CT molecular complexity index is 1030. The first-order valence-corrected chi connectivity index (χ1v) is 11.2. The number of hydrogen-bond donors (Lipinski definition) is 2. The second-order valence-electron chi connectivity index (χ2n) is 8.58. The minimum absolute atomic E-state index is 0.171. The molecular formula is C24H28ClN3O4. The first kappa shape index (κ1) is 22.4. The van der Waals surface area contributed by atoms with Crippen molar-refractivity contribution in [2.75, 3.05) is 18.1 Å². The Morgan fingerprint density at radius 3 is 2.94 bits per heavy atom. The number of carbonyl (C=O) groups is 2. The number of carbonyl (C=O) groups excluding carboxylic acids is 2. The van der Waals surface area contributed by atoms with Crippen molar-refractivity contribution in [1.82, 2.24) is 10.6 Å². The van der Waals surface area contributed by atoms with Gasteiger partial charge in [-0.3, -0.25) is 9.69 Å². The summed E-state index contributed by atoms with van der Waals surface area (Å²) in [5.41, 5.74) is 1.06. The molecule has 1 saturated heterocycles. The van der Waals surface area contributed by atoms with E-state index in [9.17, 15) is 9.59 Å². The van der Waals surface area contributed by atoms with Gasteiger partial charge in [0.2, 0.25) is 0 Å². The van der Waals surface area contributed by atoms with E-state index in [0.29, 0.717) is 41.6 Å². The lowest BCUT2D eigenvalue weighted by atomic mass is 9.90. The van der Waals surface area contributed by atoms with Gasteiger partial charge in [-0.25, -0.2) is 4.79 Å². The molecule has 2 bridgehead atoms. The summed E-state index contributed by atoms with van der Waals surface area (Å²) < 4.78 is 11.8. The fraction of sp³-hybridized carbons (Fsp3) is 0.417. The molecule has 8 heteroatoms. The molecule has 0 unspecified atom stereocenters. The first-order valence-electron chi connectivity index (χ1n) is 10.9. The fourth-order valence-electron chi connectivity index (χ4n) is 4.22. The van der Waals surface area contributed by atoms with E-state index in [-0.39, 0.29) is 24.1 Å². The van der Waals surface area contributed by atoms with Gasteiger partial charge in [-0.05, 0) is 63.6 Å². The third kappa shape index (κ3) is 4.54. The van der Waals surface area contributed by atoms with Gasteiger partial charge in [0, 0.05) is 35.7 Å². The van der Waals surface area contributed by atoms with Crippen LogP contribution in [0.1, 0.15) is 55.6 Å². The molecule has 4 rings (SSSR count). The average Bonchev–Trinajstić information content (AvgIpc) is 2.73. The van der Waals surface area contributed by atoms with Gasteiger partial charge >= 0.3 is 6.03 Å². The molecule has 0 radical (unpaired) electrons. The van der Waals surface area contributed by atoms with Crippen LogP contribution in [0, 0.1) is 0 Å². The van der Waals surface area contributed by atoms with Gasteiger partial charge < -0.3 is 20.1 Å². The smallest absolute Gasteiger partial charge is 0.325 e. The van der Waals surface area contributed by atoms with Crippen molar-refractivity contribution >= 4 is 29.2 Å². The zero-order valence-corrected chi connectivity index (χ0v) is 19.2. The average molecular weight is 458 g/mol. The van der Waals surface area contributed by atoms with Crippen LogP contribution in [0.3, 0.4) is 0 Å². The number of urea groups is 1. The minimum atomic E-state index is -0.892. The zero-order valence-electron chi connectivity index (χ0n) is 18.5. The minimum Gasteiger partial charge on any atom is -0.467 e. The predicted molar refractivity (Wildman–Crippen MR) is 123 cm³/mol. The molecule has 0 spiro atoms. The Balaban J connectivity index is 1.51. The molecule has 2 aliphatic rings. The lowest BCUT2D eigenvalue weighted by Gasteiger charge is -2.50. The maximum Gasteiger partial charge on any atom is 0.325 e. The summed E-state index contributed by atoms with van der Waals surface area (Å²) in [7, 11) is 0. The standard InChI is InChI=1S/C24H28ClN3O4/c1-15(2)31-11-5-10-26-22(29)16-6-4-7-18(12-16)28-23(30)27-20-14-24(28,3)32-21-9-8-17(25)13-19(20)21/h4,6-9,12-13,15,20H,5,10-11,14H2,1-3H3,(H,26,29)(H,27,30)/t20-,24+/m0/s1. The molecule has 32 heavy (non-hydrogen) atoms. The summed E-state index contributed by atoms with van der Waals surface area (Å²) in [6, 6.07) is 12.0. The third-order valence-corrected chi connectivity index (χ3v) is 5.89. The molecule has 2 aromatic rings. The fourth-order valence-corrected chi connectivity index (χ4v) is 4.40. The quantitative estimate of drug-likeness (QED) is 0.593. The number of amides is 3. The molecule has 2 atom stereocenters. The molecule has 2 aromatic carbocycles. The number of halogens is 1. The number of rotatable bonds is 7. The Hall–Kier alpha value is -2.77. The van der Waals surface area contributed by atoms with Crippen LogP contribution in [0.4, 0.5) is 10.5 Å². The van der Waals surface area contributed by atoms with E-state index in [1.165, 1.54) is 0 Å². The molecule has 0 aromatic heterocycles. The van der Waals surface area contributed by atoms with E-state index in [1.807, 2.05) is 32.9 Å². The Kier molecular flexibility index (Phi) is 6.31. The molecule has 0 saturated carbocycles. The van der Waals surface area contributed by atoms with E-state index >= 15 is 0 Å². The zero-order chi connectivity index (χ0) is 22.9. The Morgan fingerprint density at radius 1 is 1.34 bits per heavy atom. The van der Waals surface area contributed by atoms with Gasteiger partial charge in [-0.15, -0.1) is 0 Å². The Labute approximate surface area is 193 Å². The molecule has 2 aliphatic heterocycles. The van der Waals surface area contributed by atoms with E-state index < -0.39 is 5.72 Å². The lowest BCUT2D eigenvalue weighted by molar-refractivity contribution is 0.0378. The van der Waals surface area contributed by atoms with Crippen molar-refractivity contribution in [2.24, 2.45) is 0 Å². The molecule has 1 fully saturated rings. The van der Waals surface area contributed by atoms with Gasteiger partial charge in [0.15, 0.2) is 5.72 Å². The van der Waals surface area contributed by atoms with Crippen LogP contribution < -0.4 is 20.3 Å². The predicted octanol–water partition coefficient (Wildman–Crippen LogP) is 4.65. The summed E-state index contributed by atoms with van der Waals surface area (Å²) in [6.07, 6.45) is 1.46. The van der Waals surface area contributed by atoms with Crippen LogP contribution in [-0.2, 0) is 4.74 Å². The summed E-state index contributed by atoms with van der Waals surface area (Å²) >= 11 is 6.14. The molecule has 7 nitrogen and oxygen atoms in total. The monoisotopic (exact) mass is 457 g/mol. The van der Waals surface area contributed by atoms with Gasteiger partial charge in [0.1, 0.15) is 5.75 Å². The molecule has 3 amide bonds. The number of benzene rings is 2. The number of ether oxygens (including phenoxy) is 2. The maximum atomic E-state index is 13.1. The van der Waals surface area contributed by atoms with E-state index in [4.69, 9.17) is 21.1 Å². The maximum absolute atomic E-state index is 13.1. The van der Waals surface area contributed by atoms with Crippen molar-refractivity contribution in [1.29, 1.82) is 0 Å². The number of hydrogen-bond acceptors (Lipinski definition) is 4. The molecular weight excluding hydrogens is 430 g/mol. The highest BCUT2D eigenvalue weighted by Crippen LogP contribution is 2.46. The van der Waals surface area contributed by atoms with Crippen LogP contribution >= 0.6 is 11.6 Å². The van der Waals surface area contributed by atoms with Crippen molar-refractivity contribution in [2.45, 2.75) is 51.5 Å². The topological polar surface area (TPSA) is 79.9 Å². The lowest BCUT2D eigenvalue weighted by Crippen LogP contribution is -2.65. The summed E-state index contributed by atoms with van der Waals surface area (Å²) in [6.45, 7) is 6.95. The van der Waals surface area contributed by atoms with Crippen molar-refractivity contribution < 1.29 is 19.1 Å². The highest BCUT2D eigenvalue weighted by molar-refractivity contribution is 6.30. The summed E-state index contributed by atoms with van der Waals surface area (Å²) in [5.74, 6) is 0.497. The number of fused-ring (bicyclic) bond motifs is 4. The number of anilines is 1. The molecule has 170 valence electrons. The van der Waals surface area contributed by atoms with Crippen LogP contribution in [-0.4, -0.2) is 36.9 Å². The van der Waals surface area contributed by atoms with Gasteiger partial charge in [0.05, 0.1) is 17.8 Å². The van der Waals surface area contributed by atoms with Gasteiger partial charge in [-0.1, -0.05) is 17.7 Å². The second kappa shape index (κ2) is 9.00. The molecule has 2 heterocycles. The van der Waals surface area contributed by atoms with Crippen molar-refractivity contribution in [3.8, 4) is 5.75 Å². The number of nitrogens with one attached hydrogen (secondary N) is 2. The summed E-state index contributed by atoms with van der Waals surface area (Å²) in [5, 5.41) is 6.55. The first-order chi connectivity index (χ1) is 15.3. The van der Waals surface area contributed by atoms with Crippen LogP contribution in [0.15, 0.2) is 42.5 Å². The number of nitrogens with zero attached hydrogens (tertiary/aromatic N) is 1. The highest BCUT2D eigenvalue weighted by Gasteiger charge is 2.49.